The van der Waals surface area contributed by atoms with Crippen LogP contribution in [0.5, 0.6) is 0 Å². The minimum Gasteiger partial charge on any atom is -0.353 e. The van der Waals surface area contributed by atoms with Gasteiger partial charge in [-0.05, 0) is 49.5 Å². The molecule has 148 valence electrons. The van der Waals surface area contributed by atoms with E-state index in [9.17, 15) is 4.79 Å². The van der Waals surface area contributed by atoms with E-state index >= 15 is 0 Å². The van der Waals surface area contributed by atoms with Gasteiger partial charge in [-0.3, -0.25) is 4.79 Å². The van der Waals surface area contributed by atoms with Crippen LogP contribution in [-0.2, 0) is 0 Å². The fraction of sp³-hybridized carbons (Fsp3) is 0.227. The third kappa shape index (κ3) is 4.72. The van der Waals surface area contributed by atoms with Gasteiger partial charge in [0.15, 0.2) is 5.82 Å². The summed E-state index contributed by atoms with van der Waals surface area (Å²) in [7, 11) is 2.13. The van der Waals surface area contributed by atoms with Gasteiger partial charge in [0, 0.05) is 48.0 Å². The molecule has 0 saturated carbocycles. The number of anilines is 2. The first kappa shape index (κ1) is 19.4. The van der Waals surface area contributed by atoms with Crippen LogP contribution in [0.4, 0.5) is 11.5 Å². The highest BCUT2D eigenvalue weighted by molar-refractivity contribution is 6.31. The molecule has 2 heterocycles. The molecule has 1 amide bonds. The van der Waals surface area contributed by atoms with E-state index in [1.807, 2.05) is 36.4 Å². The second-order valence-corrected chi connectivity index (χ2v) is 7.55. The Morgan fingerprint density at radius 3 is 2.48 bits per heavy atom. The molecule has 2 aromatic carbocycles. The molecule has 0 atom stereocenters. The van der Waals surface area contributed by atoms with Crippen LogP contribution in [0.3, 0.4) is 0 Å². The third-order valence-electron chi connectivity index (χ3n) is 4.98. The fourth-order valence-corrected chi connectivity index (χ4v) is 3.46. The summed E-state index contributed by atoms with van der Waals surface area (Å²) in [5.41, 5.74) is 2.87. The van der Waals surface area contributed by atoms with Crippen molar-refractivity contribution in [2.75, 3.05) is 43.4 Å². The van der Waals surface area contributed by atoms with Gasteiger partial charge in [-0.2, -0.15) is 0 Å². The number of nitrogens with one attached hydrogen (secondary N) is 1. The maximum atomic E-state index is 12.5. The monoisotopic (exact) mass is 407 g/mol. The average Bonchev–Trinajstić information content (AvgIpc) is 2.75. The molecule has 0 bridgehead atoms. The summed E-state index contributed by atoms with van der Waals surface area (Å²) in [5.74, 6) is 0.688. The number of carbonyl (C=O) groups is 1. The van der Waals surface area contributed by atoms with Gasteiger partial charge in [0.05, 0.1) is 5.69 Å². The van der Waals surface area contributed by atoms with Gasteiger partial charge in [-0.1, -0.05) is 29.8 Å². The van der Waals surface area contributed by atoms with Gasteiger partial charge < -0.3 is 15.1 Å². The Kier molecular flexibility index (Phi) is 5.74. The Bertz CT molecular complexity index is 1000. The summed E-state index contributed by atoms with van der Waals surface area (Å²) in [5, 5.41) is 12.2. The SMILES string of the molecule is CN1CCN(c2ccc(-c3cccc(NC(=O)c4cccc(Cl)c4)c3)nn2)CC1. The van der Waals surface area contributed by atoms with E-state index in [0.717, 1.165) is 43.3 Å². The van der Waals surface area contributed by atoms with Crippen molar-refractivity contribution >= 4 is 29.0 Å². The lowest BCUT2D eigenvalue weighted by Crippen LogP contribution is -2.44. The molecule has 1 aliphatic heterocycles. The lowest BCUT2D eigenvalue weighted by atomic mass is 10.1. The number of benzene rings is 2. The molecule has 0 radical (unpaired) electrons. The van der Waals surface area contributed by atoms with Crippen molar-refractivity contribution in [1.29, 1.82) is 0 Å². The van der Waals surface area contributed by atoms with E-state index in [0.29, 0.717) is 16.3 Å². The number of carbonyl (C=O) groups excluding carboxylic acids is 1. The lowest BCUT2D eigenvalue weighted by Gasteiger charge is -2.32. The van der Waals surface area contributed by atoms with Gasteiger partial charge in [-0.15, -0.1) is 10.2 Å². The van der Waals surface area contributed by atoms with Gasteiger partial charge in [0.2, 0.25) is 0 Å². The molecule has 1 N–H and O–H groups in total. The molecular weight excluding hydrogens is 386 g/mol. The van der Waals surface area contributed by atoms with Crippen molar-refractivity contribution in [2.24, 2.45) is 0 Å². The maximum Gasteiger partial charge on any atom is 0.255 e. The summed E-state index contributed by atoms with van der Waals surface area (Å²) in [6.07, 6.45) is 0. The predicted octanol–water partition coefficient (Wildman–Crippen LogP) is 3.80. The molecule has 6 nitrogen and oxygen atoms in total. The topological polar surface area (TPSA) is 61.4 Å². The van der Waals surface area contributed by atoms with Crippen LogP contribution in [-0.4, -0.2) is 54.2 Å². The summed E-state index contributed by atoms with van der Waals surface area (Å²) < 4.78 is 0. The van der Waals surface area contributed by atoms with E-state index in [-0.39, 0.29) is 5.91 Å². The minimum absolute atomic E-state index is 0.207. The van der Waals surface area contributed by atoms with Crippen molar-refractivity contribution in [2.45, 2.75) is 0 Å². The number of rotatable bonds is 4. The maximum absolute atomic E-state index is 12.5. The molecule has 1 fully saturated rings. The normalized spacial score (nSPS) is 14.6. The predicted molar refractivity (Wildman–Crippen MR) is 117 cm³/mol. The van der Waals surface area contributed by atoms with Crippen molar-refractivity contribution in [1.82, 2.24) is 15.1 Å². The Morgan fingerprint density at radius 2 is 1.76 bits per heavy atom. The molecular formula is C22H22ClN5O. The highest BCUT2D eigenvalue weighted by Crippen LogP contribution is 2.23. The van der Waals surface area contributed by atoms with E-state index < -0.39 is 0 Å². The van der Waals surface area contributed by atoms with E-state index in [4.69, 9.17) is 11.6 Å². The van der Waals surface area contributed by atoms with Gasteiger partial charge in [0.1, 0.15) is 0 Å². The van der Waals surface area contributed by atoms with Gasteiger partial charge in [0.25, 0.3) is 5.91 Å². The fourth-order valence-electron chi connectivity index (χ4n) is 3.27. The van der Waals surface area contributed by atoms with Gasteiger partial charge >= 0.3 is 0 Å². The van der Waals surface area contributed by atoms with E-state index in [1.54, 1.807) is 24.3 Å². The van der Waals surface area contributed by atoms with Crippen molar-refractivity contribution in [3.8, 4) is 11.3 Å². The first-order valence-corrected chi connectivity index (χ1v) is 9.91. The largest absolute Gasteiger partial charge is 0.353 e. The first-order valence-electron chi connectivity index (χ1n) is 9.53. The summed E-state index contributed by atoms with van der Waals surface area (Å²) in [6, 6.07) is 18.4. The molecule has 0 aliphatic carbocycles. The van der Waals surface area contributed by atoms with Crippen LogP contribution in [0.1, 0.15) is 10.4 Å². The van der Waals surface area contributed by atoms with Gasteiger partial charge in [-0.25, -0.2) is 0 Å². The summed E-state index contributed by atoms with van der Waals surface area (Å²) >= 11 is 5.97. The zero-order valence-electron chi connectivity index (χ0n) is 16.2. The number of amides is 1. The molecule has 3 aromatic rings. The Labute approximate surface area is 175 Å². The smallest absolute Gasteiger partial charge is 0.255 e. The van der Waals surface area contributed by atoms with Crippen LogP contribution in [0.25, 0.3) is 11.3 Å². The zero-order valence-corrected chi connectivity index (χ0v) is 16.9. The second kappa shape index (κ2) is 8.59. The van der Waals surface area contributed by atoms with Crippen LogP contribution in [0, 0.1) is 0 Å². The quantitative estimate of drug-likeness (QED) is 0.712. The van der Waals surface area contributed by atoms with E-state index in [2.05, 4.69) is 32.4 Å². The first-order chi connectivity index (χ1) is 14.1. The number of aromatic nitrogens is 2. The Hall–Kier alpha value is -2.96. The van der Waals surface area contributed by atoms with Crippen molar-refractivity contribution in [3.05, 3.63) is 71.2 Å². The number of nitrogens with zero attached hydrogens (tertiary/aromatic N) is 4. The highest BCUT2D eigenvalue weighted by atomic mass is 35.5. The number of likely N-dealkylation sites (N-methyl/N-ethyl adjacent to an activating group) is 1. The van der Waals surface area contributed by atoms with Crippen LogP contribution >= 0.6 is 11.6 Å². The van der Waals surface area contributed by atoms with Crippen molar-refractivity contribution in [3.63, 3.8) is 0 Å². The van der Waals surface area contributed by atoms with Crippen molar-refractivity contribution < 1.29 is 4.79 Å². The number of piperazine rings is 1. The second-order valence-electron chi connectivity index (χ2n) is 7.11. The van der Waals surface area contributed by atoms with E-state index in [1.165, 1.54) is 0 Å². The zero-order chi connectivity index (χ0) is 20.2. The Morgan fingerprint density at radius 1 is 0.966 bits per heavy atom. The molecule has 0 unspecified atom stereocenters. The number of hydrogen-bond acceptors (Lipinski definition) is 5. The lowest BCUT2D eigenvalue weighted by molar-refractivity contribution is 0.102. The molecule has 29 heavy (non-hydrogen) atoms. The molecule has 0 spiro atoms. The molecule has 4 rings (SSSR count). The van der Waals surface area contributed by atoms with Crippen LogP contribution in [0.15, 0.2) is 60.7 Å². The molecule has 7 heteroatoms. The molecule has 1 saturated heterocycles. The van der Waals surface area contributed by atoms with Crippen LogP contribution < -0.4 is 10.2 Å². The van der Waals surface area contributed by atoms with Crippen LogP contribution in [0.2, 0.25) is 5.02 Å². The molecule has 1 aromatic heterocycles. The standard InChI is InChI=1S/C22H22ClN5O/c1-27-10-12-28(13-11-27)21-9-8-20(25-26-21)16-4-3-7-19(15-16)24-22(29)17-5-2-6-18(23)14-17/h2-9,14-15H,10-13H2,1H3,(H,24,29). The Balaban J connectivity index is 1.47. The average molecular weight is 408 g/mol. The number of halogens is 1. The third-order valence-corrected chi connectivity index (χ3v) is 5.22. The highest BCUT2D eigenvalue weighted by Gasteiger charge is 2.16. The summed E-state index contributed by atoms with van der Waals surface area (Å²) in [4.78, 5) is 17.0. The minimum atomic E-state index is -0.207. The molecule has 1 aliphatic rings. The summed E-state index contributed by atoms with van der Waals surface area (Å²) in [6.45, 7) is 3.96. The number of hydrogen-bond donors (Lipinski definition) is 1.